The molecule has 0 aliphatic heterocycles. The fourth-order valence-corrected chi connectivity index (χ4v) is 2.95. The van der Waals surface area contributed by atoms with Crippen molar-refractivity contribution in [3.63, 3.8) is 0 Å². The molecule has 0 bridgehead atoms. The molecule has 0 aromatic heterocycles. The Kier molecular flexibility index (Phi) is 6.29. The van der Waals surface area contributed by atoms with Crippen LogP contribution in [0.1, 0.15) is 33.2 Å². The van der Waals surface area contributed by atoms with E-state index in [-0.39, 0.29) is 5.56 Å². The largest absolute Gasteiger partial charge is 0.496 e. The van der Waals surface area contributed by atoms with E-state index in [4.69, 9.17) is 9.47 Å². The molecule has 1 N–H and O–H groups in total. The van der Waals surface area contributed by atoms with Crippen molar-refractivity contribution in [3.05, 3.63) is 95.1 Å². The summed E-state index contributed by atoms with van der Waals surface area (Å²) >= 11 is 0. The van der Waals surface area contributed by atoms with Crippen LogP contribution in [-0.2, 0) is 9.53 Å². The van der Waals surface area contributed by atoms with Crippen molar-refractivity contribution in [2.24, 2.45) is 0 Å². The number of rotatable bonds is 6. The van der Waals surface area contributed by atoms with E-state index in [1.165, 1.54) is 7.11 Å². The molecule has 0 spiro atoms. The Hall–Kier alpha value is -3.60. The zero-order valence-corrected chi connectivity index (χ0v) is 16.6. The third-order valence-corrected chi connectivity index (χ3v) is 4.54. The summed E-state index contributed by atoms with van der Waals surface area (Å²) in [4.78, 5) is 25.9. The van der Waals surface area contributed by atoms with Crippen molar-refractivity contribution >= 4 is 17.6 Å². The Morgan fingerprint density at radius 2 is 1.59 bits per heavy atom. The van der Waals surface area contributed by atoms with Crippen LogP contribution in [0.15, 0.2) is 72.8 Å². The quantitative estimate of drug-likeness (QED) is 0.612. The normalized spacial score (nSPS) is 11.4. The molecule has 5 heteroatoms. The zero-order valence-electron chi connectivity index (χ0n) is 16.6. The average Bonchev–Trinajstić information content (AvgIpc) is 2.74. The molecule has 0 fully saturated rings. The first kappa shape index (κ1) is 20.1. The van der Waals surface area contributed by atoms with Gasteiger partial charge in [-0.05, 0) is 43.2 Å². The summed E-state index contributed by atoms with van der Waals surface area (Å²) in [6, 6.07) is 21.5. The van der Waals surface area contributed by atoms with Gasteiger partial charge >= 0.3 is 5.97 Å². The van der Waals surface area contributed by atoms with E-state index in [1.807, 2.05) is 38.1 Å². The van der Waals surface area contributed by atoms with Gasteiger partial charge < -0.3 is 14.8 Å². The van der Waals surface area contributed by atoms with Gasteiger partial charge in [0.25, 0.3) is 5.91 Å². The number of methoxy groups -OCH3 is 1. The van der Waals surface area contributed by atoms with Crippen molar-refractivity contribution < 1.29 is 19.1 Å². The van der Waals surface area contributed by atoms with Gasteiger partial charge in [0, 0.05) is 11.3 Å². The molecule has 1 atom stereocenters. The smallest absolute Gasteiger partial charge is 0.343 e. The van der Waals surface area contributed by atoms with Crippen LogP contribution < -0.4 is 10.1 Å². The first-order valence-electron chi connectivity index (χ1n) is 9.26. The fraction of sp³-hybridized carbons (Fsp3) is 0.167. The van der Waals surface area contributed by atoms with Crippen molar-refractivity contribution in [2.75, 3.05) is 12.4 Å². The lowest BCUT2D eigenvalue weighted by Gasteiger charge is -2.19. The highest BCUT2D eigenvalue weighted by atomic mass is 16.5. The molecule has 3 rings (SSSR count). The first-order valence-corrected chi connectivity index (χ1v) is 9.26. The van der Waals surface area contributed by atoms with Crippen LogP contribution in [-0.4, -0.2) is 19.0 Å². The summed E-state index contributed by atoms with van der Waals surface area (Å²) in [6.07, 6.45) is -1.10. The fourth-order valence-electron chi connectivity index (χ4n) is 2.95. The number of esters is 1. The van der Waals surface area contributed by atoms with Gasteiger partial charge in [-0.1, -0.05) is 54.6 Å². The average molecular weight is 389 g/mol. The molecular formula is C24H23NO4. The van der Waals surface area contributed by atoms with Crippen LogP contribution in [0.25, 0.3) is 0 Å². The predicted molar refractivity (Wildman–Crippen MR) is 112 cm³/mol. The second kappa shape index (κ2) is 9.06. The molecule has 0 aliphatic rings. The number of nitrogens with one attached hydrogen (secondary N) is 1. The molecule has 0 saturated heterocycles. The van der Waals surface area contributed by atoms with E-state index < -0.39 is 18.0 Å². The highest BCUT2D eigenvalue weighted by molar-refractivity contribution is 5.99. The third kappa shape index (κ3) is 4.82. The van der Waals surface area contributed by atoms with E-state index in [9.17, 15) is 9.59 Å². The minimum atomic E-state index is -1.10. The highest BCUT2D eigenvalue weighted by Crippen LogP contribution is 2.26. The maximum absolute atomic E-state index is 13.1. The second-order valence-electron chi connectivity index (χ2n) is 6.70. The molecule has 1 amide bonds. The van der Waals surface area contributed by atoms with Gasteiger partial charge in [0.15, 0.2) is 0 Å². The predicted octanol–water partition coefficient (Wildman–Crippen LogP) is 4.85. The van der Waals surface area contributed by atoms with Crippen molar-refractivity contribution in [1.82, 2.24) is 0 Å². The van der Waals surface area contributed by atoms with Crippen LogP contribution in [0, 0.1) is 13.8 Å². The van der Waals surface area contributed by atoms with E-state index in [0.717, 1.165) is 11.1 Å². The summed E-state index contributed by atoms with van der Waals surface area (Å²) in [7, 11) is 1.48. The summed E-state index contributed by atoms with van der Waals surface area (Å²) < 4.78 is 10.9. The molecule has 0 saturated carbocycles. The summed E-state index contributed by atoms with van der Waals surface area (Å²) in [5, 5.41) is 2.89. The summed E-state index contributed by atoms with van der Waals surface area (Å²) in [5.74, 6) is -0.667. The SMILES string of the molecule is COc1ccccc1C(=O)O[C@@H](C(=O)Nc1cc(C)ccc1C)c1ccccc1. The number of hydrogen-bond acceptors (Lipinski definition) is 4. The summed E-state index contributed by atoms with van der Waals surface area (Å²) in [5.41, 5.74) is 3.47. The monoisotopic (exact) mass is 389 g/mol. The number of amides is 1. The molecular weight excluding hydrogens is 366 g/mol. The molecule has 0 radical (unpaired) electrons. The Bertz CT molecular complexity index is 1010. The lowest BCUT2D eigenvalue weighted by Crippen LogP contribution is -2.26. The van der Waals surface area contributed by atoms with Crippen LogP contribution in [0.3, 0.4) is 0 Å². The number of carbonyl (C=O) groups is 2. The Labute approximate surface area is 170 Å². The molecule has 0 aliphatic carbocycles. The van der Waals surface area contributed by atoms with Crippen molar-refractivity contribution in [2.45, 2.75) is 20.0 Å². The number of carbonyl (C=O) groups excluding carboxylic acids is 2. The zero-order chi connectivity index (χ0) is 20.8. The van der Waals surface area contributed by atoms with E-state index in [1.54, 1.807) is 48.5 Å². The lowest BCUT2D eigenvalue weighted by molar-refractivity contribution is -0.125. The summed E-state index contributed by atoms with van der Waals surface area (Å²) in [6.45, 7) is 3.86. The van der Waals surface area contributed by atoms with E-state index in [0.29, 0.717) is 17.0 Å². The Balaban J connectivity index is 1.90. The van der Waals surface area contributed by atoms with Gasteiger partial charge in [-0.2, -0.15) is 0 Å². The standard InChI is InChI=1S/C24H23NO4/c1-16-13-14-17(2)20(15-16)25-23(26)22(18-9-5-4-6-10-18)29-24(27)19-11-7-8-12-21(19)28-3/h4-15,22H,1-3H3,(H,25,26)/t22-/m1/s1. The molecule has 3 aromatic rings. The van der Waals surface area contributed by atoms with Gasteiger partial charge in [0.05, 0.1) is 7.11 Å². The molecule has 29 heavy (non-hydrogen) atoms. The minimum Gasteiger partial charge on any atom is -0.496 e. The molecule has 3 aromatic carbocycles. The minimum absolute atomic E-state index is 0.260. The Morgan fingerprint density at radius 1 is 0.897 bits per heavy atom. The maximum atomic E-state index is 13.1. The first-order chi connectivity index (χ1) is 14.0. The molecule has 0 heterocycles. The van der Waals surface area contributed by atoms with Crippen LogP contribution in [0.5, 0.6) is 5.75 Å². The third-order valence-electron chi connectivity index (χ3n) is 4.54. The van der Waals surface area contributed by atoms with Crippen molar-refractivity contribution in [3.8, 4) is 5.75 Å². The van der Waals surface area contributed by atoms with Gasteiger partial charge in [0.2, 0.25) is 6.10 Å². The van der Waals surface area contributed by atoms with Gasteiger partial charge in [-0.3, -0.25) is 4.79 Å². The molecule has 0 unspecified atom stereocenters. The van der Waals surface area contributed by atoms with Crippen LogP contribution >= 0.6 is 0 Å². The highest BCUT2D eigenvalue weighted by Gasteiger charge is 2.27. The van der Waals surface area contributed by atoms with Gasteiger partial charge in [0.1, 0.15) is 11.3 Å². The number of ether oxygens (including phenoxy) is 2. The number of hydrogen-bond donors (Lipinski definition) is 1. The van der Waals surface area contributed by atoms with E-state index >= 15 is 0 Å². The molecule has 5 nitrogen and oxygen atoms in total. The van der Waals surface area contributed by atoms with Crippen molar-refractivity contribution in [1.29, 1.82) is 0 Å². The second-order valence-corrected chi connectivity index (χ2v) is 6.70. The number of aryl methyl sites for hydroxylation is 2. The van der Waals surface area contributed by atoms with Gasteiger partial charge in [-0.25, -0.2) is 4.79 Å². The van der Waals surface area contributed by atoms with Gasteiger partial charge in [-0.15, -0.1) is 0 Å². The number of anilines is 1. The van der Waals surface area contributed by atoms with E-state index in [2.05, 4.69) is 5.32 Å². The molecule has 148 valence electrons. The van der Waals surface area contributed by atoms with Crippen LogP contribution in [0.4, 0.5) is 5.69 Å². The lowest BCUT2D eigenvalue weighted by atomic mass is 10.1. The topological polar surface area (TPSA) is 64.6 Å². The maximum Gasteiger partial charge on any atom is 0.343 e. The number of para-hydroxylation sites is 1. The number of benzene rings is 3. The van der Waals surface area contributed by atoms with Crippen LogP contribution in [0.2, 0.25) is 0 Å². The Morgan fingerprint density at radius 3 is 2.31 bits per heavy atom.